The number of anilines is 1. The lowest BCUT2D eigenvalue weighted by molar-refractivity contribution is -0.101. The smallest absolute Gasteiger partial charge is 0.0988 e. The first kappa shape index (κ1) is 14.8. The molecule has 0 amide bonds. The van der Waals surface area contributed by atoms with Crippen molar-refractivity contribution in [2.75, 3.05) is 24.6 Å². The number of nitrogens with two attached hydrogens (primary N) is 1. The van der Waals surface area contributed by atoms with Gasteiger partial charge in [0.1, 0.15) is 0 Å². The Morgan fingerprint density at radius 3 is 2.84 bits per heavy atom. The van der Waals surface area contributed by atoms with Crippen LogP contribution >= 0.6 is 15.9 Å². The third kappa shape index (κ3) is 3.69. The minimum absolute atomic E-state index is 0.0394. The molecule has 0 aromatic heterocycles. The fourth-order valence-corrected chi connectivity index (χ4v) is 3.05. The molecule has 0 spiro atoms. The molecular weight excluding hydrogens is 308 g/mol. The van der Waals surface area contributed by atoms with Crippen LogP contribution in [0.25, 0.3) is 0 Å². The normalized spacial score (nSPS) is 22.6. The van der Waals surface area contributed by atoms with Crippen LogP contribution < -0.4 is 10.6 Å². The first-order chi connectivity index (χ1) is 8.93. The van der Waals surface area contributed by atoms with Crippen LogP contribution in [0.15, 0.2) is 22.7 Å². The molecule has 1 aliphatic heterocycles. The average Bonchev–Trinajstić information content (AvgIpc) is 2.36. The highest BCUT2D eigenvalue weighted by Gasteiger charge is 2.33. The van der Waals surface area contributed by atoms with Crippen LogP contribution in [0, 0.1) is 0 Å². The summed E-state index contributed by atoms with van der Waals surface area (Å²) in [6.45, 7) is 6.14. The molecule has 19 heavy (non-hydrogen) atoms. The highest BCUT2D eigenvalue weighted by atomic mass is 79.9. The Morgan fingerprint density at radius 2 is 2.21 bits per heavy atom. The van der Waals surface area contributed by atoms with Crippen LogP contribution in [0.5, 0.6) is 0 Å². The Morgan fingerprint density at radius 1 is 1.47 bits per heavy atom. The van der Waals surface area contributed by atoms with Gasteiger partial charge in [-0.1, -0.05) is 15.9 Å². The molecular formula is C14H21BrN2O2. The molecule has 3 N–H and O–H groups in total. The average molecular weight is 329 g/mol. The van der Waals surface area contributed by atoms with Gasteiger partial charge in [-0.2, -0.15) is 0 Å². The molecule has 1 fully saturated rings. The number of rotatable bonds is 3. The first-order valence-corrected chi connectivity index (χ1v) is 7.26. The molecule has 1 aromatic carbocycles. The maximum Gasteiger partial charge on any atom is 0.0988 e. The van der Waals surface area contributed by atoms with Crippen molar-refractivity contribution in [2.45, 2.75) is 32.1 Å². The Labute approximate surface area is 122 Å². The number of benzene rings is 1. The zero-order chi connectivity index (χ0) is 14.0. The molecule has 5 heteroatoms. The summed E-state index contributed by atoms with van der Waals surface area (Å²) in [5.41, 5.74) is 7.66. The van der Waals surface area contributed by atoms with Crippen molar-refractivity contribution in [3.8, 4) is 0 Å². The summed E-state index contributed by atoms with van der Waals surface area (Å²) in [5, 5.41) is 9.36. The van der Waals surface area contributed by atoms with E-state index in [2.05, 4.69) is 33.0 Å². The topological polar surface area (TPSA) is 58.7 Å². The van der Waals surface area contributed by atoms with E-state index < -0.39 is 0 Å². The molecule has 0 saturated carbocycles. The second-order valence-corrected chi connectivity index (χ2v) is 6.50. The van der Waals surface area contributed by atoms with Crippen LogP contribution in [-0.4, -0.2) is 36.5 Å². The van der Waals surface area contributed by atoms with Crippen LogP contribution in [0.2, 0.25) is 0 Å². The summed E-state index contributed by atoms with van der Waals surface area (Å²) >= 11 is 3.52. The lowest BCUT2D eigenvalue weighted by Gasteiger charge is -2.43. The number of nitrogens with zero attached hydrogens (tertiary/aromatic N) is 1. The van der Waals surface area contributed by atoms with Crippen molar-refractivity contribution < 1.29 is 9.84 Å². The van der Waals surface area contributed by atoms with Gasteiger partial charge < -0.3 is 20.5 Å². The number of morpholine rings is 1. The van der Waals surface area contributed by atoms with Crippen molar-refractivity contribution >= 4 is 21.6 Å². The van der Waals surface area contributed by atoms with E-state index in [1.54, 1.807) is 0 Å². The number of ether oxygens (including phenoxy) is 1. The molecule has 106 valence electrons. The van der Waals surface area contributed by atoms with Gasteiger partial charge in [-0.15, -0.1) is 0 Å². The quantitative estimate of drug-likeness (QED) is 0.889. The van der Waals surface area contributed by atoms with E-state index in [9.17, 15) is 5.11 Å². The SMILES string of the molecule is CC1(C)CN(c2cc(Br)cc(CN)c2)CC(CO)O1. The van der Waals surface area contributed by atoms with E-state index in [-0.39, 0.29) is 18.3 Å². The lowest BCUT2D eigenvalue weighted by Crippen LogP contribution is -2.54. The lowest BCUT2D eigenvalue weighted by atomic mass is 10.0. The summed E-state index contributed by atoms with van der Waals surface area (Å²) < 4.78 is 6.86. The van der Waals surface area contributed by atoms with Crippen LogP contribution in [0.4, 0.5) is 5.69 Å². The van der Waals surface area contributed by atoms with Gasteiger partial charge in [-0.3, -0.25) is 0 Å². The van der Waals surface area contributed by atoms with E-state index in [0.717, 1.165) is 22.3 Å². The second kappa shape index (κ2) is 5.79. The number of hydrogen-bond acceptors (Lipinski definition) is 4. The standard InChI is InChI=1S/C14H21BrN2O2/c1-14(2)9-17(7-13(8-18)19-14)12-4-10(6-16)3-11(15)5-12/h3-5,13,18H,6-9,16H2,1-2H3. The van der Waals surface area contributed by atoms with Gasteiger partial charge >= 0.3 is 0 Å². The second-order valence-electron chi connectivity index (χ2n) is 5.58. The predicted molar refractivity (Wildman–Crippen MR) is 80.3 cm³/mol. The molecule has 2 rings (SSSR count). The molecule has 0 radical (unpaired) electrons. The highest BCUT2D eigenvalue weighted by Crippen LogP contribution is 2.29. The zero-order valence-corrected chi connectivity index (χ0v) is 13.0. The van der Waals surface area contributed by atoms with Gasteiger partial charge in [-0.25, -0.2) is 0 Å². The maximum atomic E-state index is 9.36. The third-order valence-electron chi connectivity index (χ3n) is 3.23. The van der Waals surface area contributed by atoms with Crippen LogP contribution in [0.1, 0.15) is 19.4 Å². The highest BCUT2D eigenvalue weighted by molar-refractivity contribution is 9.10. The Kier molecular flexibility index (Phi) is 4.50. The number of aliphatic hydroxyl groups excluding tert-OH is 1. The van der Waals surface area contributed by atoms with Crippen molar-refractivity contribution in [3.05, 3.63) is 28.2 Å². The predicted octanol–water partition coefficient (Wildman–Crippen LogP) is 1.88. The maximum absolute atomic E-state index is 9.36. The molecule has 1 aromatic rings. The van der Waals surface area contributed by atoms with Crippen molar-refractivity contribution in [1.82, 2.24) is 0 Å². The summed E-state index contributed by atoms with van der Waals surface area (Å²) in [6, 6.07) is 6.20. The molecule has 1 saturated heterocycles. The Balaban J connectivity index is 2.27. The van der Waals surface area contributed by atoms with Gasteiger partial charge in [-0.05, 0) is 37.6 Å². The molecule has 0 aliphatic carbocycles. The Hall–Kier alpha value is -0.620. The number of halogens is 1. The number of hydrogen-bond donors (Lipinski definition) is 2. The van der Waals surface area contributed by atoms with Crippen molar-refractivity contribution in [2.24, 2.45) is 5.73 Å². The minimum atomic E-state index is -0.267. The summed E-state index contributed by atoms with van der Waals surface area (Å²) in [7, 11) is 0. The molecule has 1 unspecified atom stereocenters. The van der Waals surface area contributed by atoms with Gasteiger partial charge in [0.2, 0.25) is 0 Å². The van der Waals surface area contributed by atoms with E-state index in [1.807, 2.05) is 19.9 Å². The van der Waals surface area contributed by atoms with Gasteiger partial charge in [0.25, 0.3) is 0 Å². The fraction of sp³-hybridized carbons (Fsp3) is 0.571. The zero-order valence-electron chi connectivity index (χ0n) is 11.4. The van der Waals surface area contributed by atoms with Crippen molar-refractivity contribution in [3.63, 3.8) is 0 Å². The first-order valence-electron chi connectivity index (χ1n) is 6.47. The molecule has 4 nitrogen and oxygen atoms in total. The minimum Gasteiger partial charge on any atom is -0.394 e. The Bertz CT molecular complexity index is 451. The fourth-order valence-electron chi connectivity index (χ4n) is 2.52. The summed E-state index contributed by atoms with van der Waals surface area (Å²) in [5.74, 6) is 0. The van der Waals surface area contributed by atoms with E-state index in [4.69, 9.17) is 10.5 Å². The monoisotopic (exact) mass is 328 g/mol. The molecule has 0 bridgehead atoms. The van der Waals surface area contributed by atoms with Crippen LogP contribution in [0.3, 0.4) is 0 Å². The van der Waals surface area contributed by atoms with Crippen LogP contribution in [-0.2, 0) is 11.3 Å². The van der Waals surface area contributed by atoms with Gasteiger partial charge in [0.15, 0.2) is 0 Å². The summed E-state index contributed by atoms with van der Waals surface area (Å²) in [6.07, 6.45) is -0.149. The number of aliphatic hydroxyl groups is 1. The third-order valence-corrected chi connectivity index (χ3v) is 3.69. The van der Waals surface area contributed by atoms with Gasteiger partial charge in [0, 0.05) is 29.8 Å². The van der Waals surface area contributed by atoms with E-state index in [1.165, 1.54) is 0 Å². The van der Waals surface area contributed by atoms with Crippen molar-refractivity contribution in [1.29, 1.82) is 0 Å². The van der Waals surface area contributed by atoms with Gasteiger partial charge in [0.05, 0.1) is 18.3 Å². The molecule has 1 heterocycles. The molecule has 1 atom stereocenters. The van der Waals surface area contributed by atoms with E-state index >= 15 is 0 Å². The summed E-state index contributed by atoms with van der Waals surface area (Å²) in [4.78, 5) is 2.24. The largest absolute Gasteiger partial charge is 0.394 e. The molecule has 1 aliphatic rings. The van der Waals surface area contributed by atoms with E-state index in [0.29, 0.717) is 13.1 Å².